The van der Waals surface area contributed by atoms with Crippen molar-refractivity contribution in [3.63, 3.8) is 0 Å². The lowest BCUT2D eigenvalue weighted by molar-refractivity contribution is -0.153. The van der Waals surface area contributed by atoms with E-state index >= 15 is 0 Å². The summed E-state index contributed by atoms with van der Waals surface area (Å²) in [5.41, 5.74) is -0.380. The van der Waals surface area contributed by atoms with E-state index in [1.807, 2.05) is 0 Å². The molecule has 0 bridgehead atoms. The van der Waals surface area contributed by atoms with Gasteiger partial charge in [-0.2, -0.15) is 0 Å². The first-order valence-corrected chi connectivity index (χ1v) is 6.99. The molecule has 0 spiro atoms. The predicted molar refractivity (Wildman–Crippen MR) is 63.5 cm³/mol. The molecular formula is C14H22O3. The SMILES string of the molecule is CC[C@@H]1C[C@@]2(CC)OC[C@@]3(CC)OC(=O)[C@@H]1[C@@H]23. The average Bonchev–Trinajstić information content (AvgIpc) is 2.93. The molecule has 0 unspecified atom stereocenters. The Morgan fingerprint density at radius 2 is 1.94 bits per heavy atom. The van der Waals surface area contributed by atoms with Crippen molar-refractivity contribution in [1.82, 2.24) is 0 Å². The first kappa shape index (κ1) is 11.5. The van der Waals surface area contributed by atoms with Gasteiger partial charge >= 0.3 is 5.97 Å². The highest BCUT2D eigenvalue weighted by molar-refractivity contribution is 5.78. The highest BCUT2D eigenvalue weighted by atomic mass is 16.6. The number of esters is 1. The van der Waals surface area contributed by atoms with E-state index in [1.165, 1.54) is 0 Å². The van der Waals surface area contributed by atoms with Gasteiger partial charge in [-0.3, -0.25) is 4.79 Å². The molecule has 0 amide bonds. The molecule has 3 aliphatic rings. The predicted octanol–water partition coefficient (Wildman–Crippen LogP) is 2.53. The van der Waals surface area contributed by atoms with Crippen LogP contribution in [0.2, 0.25) is 0 Å². The van der Waals surface area contributed by atoms with Gasteiger partial charge < -0.3 is 9.47 Å². The van der Waals surface area contributed by atoms with Crippen LogP contribution in [0.3, 0.4) is 0 Å². The summed E-state index contributed by atoms with van der Waals surface area (Å²) >= 11 is 0. The van der Waals surface area contributed by atoms with E-state index < -0.39 is 0 Å². The molecule has 1 saturated carbocycles. The Kier molecular flexibility index (Phi) is 2.35. The largest absolute Gasteiger partial charge is 0.456 e. The molecule has 0 aromatic rings. The van der Waals surface area contributed by atoms with Crippen molar-refractivity contribution in [1.29, 1.82) is 0 Å². The Balaban J connectivity index is 2.05. The lowest BCUT2D eigenvalue weighted by atomic mass is 9.75. The van der Waals surface area contributed by atoms with Crippen LogP contribution in [-0.4, -0.2) is 23.8 Å². The van der Waals surface area contributed by atoms with Crippen molar-refractivity contribution in [2.24, 2.45) is 17.8 Å². The summed E-state index contributed by atoms with van der Waals surface area (Å²) in [5.74, 6) is 0.911. The maximum absolute atomic E-state index is 12.2. The van der Waals surface area contributed by atoms with Crippen molar-refractivity contribution in [3.05, 3.63) is 0 Å². The fraction of sp³-hybridized carbons (Fsp3) is 0.929. The molecule has 17 heavy (non-hydrogen) atoms. The zero-order valence-corrected chi connectivity index (χ0v) is 11.0. The molecular weight excluding hydrogens is 216 g/mol. The molecule has 0 N–H and O–H groups in total. The average molecular weight is 238 g/mol. The Morgan fingerprint density at radius 1 is 1.24 bits per heavy atom. The van der Waals surface area contributed by atoms with Gasteiger partial charge in [0.15, 0.2) is 0 Å². The number of ether oxygens (including phenoxy) is 2. The van der Waals surface area contributed by atoms with Crippen molar-refractivity contribution < 1.29 is 14.3 Å². The first-order chi connectivity index (χ1) is 8.12. The van der Waals surface area contributed by atoms with E-state index in [9.17, 15) is 4.79 Å². The van der Waals surface area contributed by atoms with Gasteiger partial charge in [-0.1, -0.05) is 27.2 Å². The third kappa shape index (κ3) is 1.19. The Labute approximate surface area is 103 Å². The van der Waals surface area contributed by atoms with Crippen molar-refractivity contribution >= 4 is 5.97 Å². The molecule has 2 heterocycles. The highest BCUT2D eigenvalue weighted by Gasteiger charge is 2.72. The molecule has 2 saturated heterocycles. The number of hydrogen-bond acceptors (Lipinski definition) is 3. The van der Waals surface area contributed by atoms with Crippen molar-refractivity contribution in [3.8, 4) is 0 Å². The molecule has 0 aromatic heterocycles. The van der Waals surface area contributed by atoms with Crippen LogP contribution in [0.4, 0.5) is 0 Å². The zero-order valence-electron chi connectivity index (χ0n) is 11.0. The minimum atomic E-state index is -0.304. The second-order valence-electron chi connectivity index (χ2n) is 5.92. The van der Waals surface area contributed by atoms with E-state index in [4.69, 9.17) is 9.47 Å². The molecule has 96 valence electrons. The summed E-state index contributed by atoms with van der Waals surface area (Å²) in [4.78, 5) is 12.2. The van der Waals surface area contributed by atoms with E-state index in [-0.39, 0.29) is 23.1 Å². The van der Waals surface area contributed by atoms with Crippen LogP contribution in [0, 0.1) is 17.8 Å². The lowest BCUT2D eigenvalue weighted by Gasteiger charge is -2.30. The molecule has 3 fully saturated rings. The molecule has 0 aromatic carbocycles. The van der Waals surface area contributed by atoms with Gasteiger partial charge in [0.05, 0.1) is 18.1 Å². The van der Waals surface area contributed by atoms with Crippen LogP contribution in [-0.2, 0) is 14.3 Å². The molecule has 3 nitrogen and oxygen atoms in total. The number of carbonyl (C=O) groups is 1. The van der Waals surface area contributed by atoms with Crippen LogP contribution in [0.25, 0.3) is 0 Å². The first-order valence-electron chi connectivity index (χ1n) is 6.99. The Morgan fingerprint density at radius 3 is 2.53 bits per heavy atom. The minimum absolute atomic E-state index is 0.0438. The Bertz CT molecular complexity index is 353. The molecule has 1 aliphatic carbocycles. The van der Waals surface area contributed by atoms with Crippen LogP contribution in [0.15, 0.2) is 0 Å². The molecule has 0 radical (unpaired) electrons. The standard InChI is InChI=1S/C14H22O3/c1-4-9-7-13(5-2)11-10(9)12(15)17-14(11,6-3)8-16-13/h9-11H,4-8H2,1-3H3/t9-,10+,11+,13-,14-/m1/s1. The summed E-state index contributed by atoms with van der Waals surface area (Å²) < 4.78 is 11.9. The quantitative estimate of drug-likeness (QED) is 0.709. The van der Waals surface area contributed by atoms with Crippen LogP contribution < -0.4 is 0 Å². The molecule has 3 heteroatoms. The minimum Gasteiger partial charge on any atom is -0.456 e. The van der Waals surface area contributed by atoms with Crippen molar-refractivity contribution in [2.45, 2.75) is 57.7 Å². The third-order valence-electron chi connectivity index (χ3n) is 5.51. The van der Waals surface area contributed by atoms with E-state index in [0.29, 0.717) is 18.4 Å². The molecule has 2 aliphatic heterocycles. The van der Waals surface area contributed by atoms with Gasteiger partial charge in [0, 0.05) is 5.92 Å². The van der Waals surface area contributed by atoms with Gasteiger partial charge in [-0.15, -0.1) is 0 Å². The smallest absolute Gasteiger partial charge is 0.310 e. The number of carbonyl (C=O) groups excluding carboxylic acids is 1. The molecule has 5 atom stereocenters. The third-order valence-corrected chi connectivity index (χ3v) is 5.51. The monoisotopic (exact) mass is 238 g/mol. The topological polar surface area (TPSA) is 35.5 Å². The highest BCUT2D eigenvalue weighted by Crippen LogP contribution is 2.63. The number of rotatable bonds is 3. The summed E-state index contributed by atoms with van der Waals surface area (Å²) in [5, 5.41) is 0. The molecule has 3 rings (SSSR count). The number of hydrogen-bond donors (Lipinski definition) is 0. The van der Waals surface area contributed by atoms with Gasteiger partial charge in [0.1, 0.15) is 5.60 Å². The van der Waals surface area contributed by atoms with Gasteiger partial charge in [-0.05, 0) is 25.2 Å². The summed E-state index contributed by atoms with van der Waals surface area (Å²) in [6.07, 6.45) is 3.99. The lowest BCUT2D eigenvalue weighted by Crippen LogP contribution is -2.40. The van der Waals surface area contributed by atoms with E-state index in [2.05, 4.69) is 20.8 Å². The maximum Gasteiger partial charge on any atom is 0.310 e. The fourth-order valence-corrected chi connectivity index (χ4v) is 4.56. The summed E-state index contributed by atoms with van der Waals surface area (Å²) in [6.45, 7) is 7.09. The van der Waals surface area contributed by atoms with Gasteiger partial charge in [-0.25, -0.2) is 0 Å². The fourth-order valence-electron chi connectivity index (χ4n) is 4.56. The second-order valence-corrected chi connectivity index (χ2v) is 5.92. The summed E-state index contributed by atoms with van der Waals surface area (Å²) in [7, 11) is 0. The summed E-state index contributed by atoms with van der Waals surface area (Å²) in [6, 6.07) is 0. The normalized spacial score (nSPS) is 51.7. The maximum atomic E-state index is 12.2. The zero-order chi connectivity index (χ0) is 12.3. The van der Waals surface area contributed by atoms with Crippen LogP contribution >= 0.6 is 0 Å². The van der Waals surface area contributed by atoms with Crippen LogP contribution in [0.5, 0.6) is 0 Å². The van der Waals surface area contributed by atoms with E-state index in [0.717, 1.165) is 25.7 Å². The van der Waals surface area contributed by atoms with E-state index in [1.54, 1.807) is 0 Å². The van der Waals surface area contributed by atoms with Gasteiger partial charge in [0.25, 0.3) is 0 Å². The van der Waals surface area contributed by atoms with Crippen LogP contribution in [0.1, 0.15) is 46.5 Å². The Hall–Kier alpha value is -0.570. The second kappa shape index (κ2) is 3.47. The van der Waals surface area contributed by atoms with Gasteiger partial charge in [0.2, 0.25) is 0 Å². The van der Waals surface area contributed by atoms with Crippen molar-refractivity contribution in [2.75, 3.05) is 6.61 Å².